The van der Waals surface area contributed by atoms with Gasteiger partial charge in [-0.1, -0.05) is 48.9 Å². The third-order valence-electron chi connectivity index (χ3n) is 5.36. The minimum absolute atomic E-state index is 0.0195. The third-order valence-corrected chi connectivity index (χ3v) is 5.36. The topological polar surface area (TPSA) is 60.2 Å². The number of carbonyl (C=O) groups is 1. The lowest BCUT2D eigenvalue weighted by molar-refractivity contribution is -0.119. The predicted octanol–water partition coefficient (Wildman–Crippen LogP) is 4.07. The SMILES string of the molecule is CCC(=O)N1c2ncnn2C(c2ccc(C)cc2)CC1c1ccc(OC)cc1. The highest BCUT2D eigenvalue weighted by Gasteiger charge is 2.38. The number of amides is 1. The van der Waals surface area contributed by atoms with Gasteiger partial charge in [-0.05, 0) is 36.6 Å². The molecule has 0 N–H and O–H groups in total. The van der Waals surface area contributed by atoms with Crippen LogP contribution in [-0.2, 0) is 4.79 Å². The van der Waals surface area contributed by atoms with E-state index < -0.39 is 0 Å². The van der Waals surface area contributed by atoms with Crippen LogP contribution in [0.5, 0.6) is 5.75 Å². The van der Waals surface area contributed by atoms with Crippen molar-refractivity contribution in [3.63, 3.8) is 0 Å². The fourth-order valence-corrected chi connectivity index (χ4v) is 3.83. The van der Waals surface area contributed by atoms with E-state index in [0.717, 1.165) is 17.7 Å². The minimum Gasteiger partial charge on any atom is -0.497 e. The van der Waals surface area contributed by atoms with Gasteiger partial charge in [0, 0.05) is 6.42 Å². The largest absolute Gasteiger partial charge is 0.497 e. The standard InChI is InChI=1S/C22H24N4O2/c1-4-21(27)25-19(16-9-11-18(28-3)12-10-16)13-20(26-22(25)23-14-24-26)17-7-5-15(2)6-8-17/h5-12,14,19-20H,4,13H2,1-3H3. The van der Waals surface area contributed by atoms with Crippen LogP contribution in [0, 0.1) is 6.92 Å². The predicted molar refractivity (Wildman–Crippen MR) is 107 cm³/mol. The molecule has 144 valence electrons. The molecule has 0 spiro atoms. The number of fused-ring (bicyclic) bond motifs is 1. The van der Waals surface area contributed by atoms with Crippen LogP contribution in [0.2, 0.25) is 0 Å². The van der Waals surface area contributed by atoms with Crippen molar-refractivity contribution >= 4 is 11.9 Å². The normalized spacial score (nSPS) is 18.6. The fraction of sp³-hybridized carbons (Fsp3) is 0.318. The lowest BCUT2D eigenvalue weighted by atomic mass is 9.91. The molecule has 4 rings (SSSR count). The molecule has 3 aromatic rings. The van der Waals surface area contributed by atoms with Crippen LogP contribution in [0.25, 0.3) is 0 Å². The maximum atomic E-state index is 12.8. The minimum atomic E-state index is -0.110. The maximum absolute atomic E-state index is 12.8. The molecular weight excluding hydrogens is 352 g/mol. The van der Waals surface area contributed by atoms with Crippen LogP contribution in [0.15, 0.2) is 54.9 Å². The first-order valence-electron chi connectivity index (χ1n) is 9.54. The molecule has 0 saturated heterocycles. The Labute approximate surface area is 164 Å². The van der Waals surface area contributed by atoms with Crippen molar-refractivity contribution in [2.75, 3.05) is 12.0 Å². The number of rotatable bonds is 4. The van der Waals surface area contributed by atoms with Gasteiger partial charge in [0.2, 0.25) is 11.9 Å². The first-order chi connectivity index (χ1) is 13.6. The zero-order valence-corrected chi connectivity index (χ0v) is 16.4. The summed E-state index contributed by atoms with van der Waals surface area (Å²) in [5, 5.41) is 4.45. The van der Waals surface area contributed by atoms with Gasteiger partial charge >= 0.3 is 0 Å². The molecule has 0 radical (unpaired) electrons. The lowest BCUT2D eigenvalue weighted by Gasteiger charge is -2.39. The molecule has 6 heteroatoms. The molecule has 2 atom stereocenters. The van der Waals surface area contributed by atoms with E-state index in [9.17, 15) is 4.79 Å². The Balaban J connectivity index is 1.81. The molecule has 1 aromatic heterocycles. The summed E-state index contributed by atoms with van der Waals surface area (Å²) in [6.45, 7) is 3.95. The summed E-state index contributed by atoms with van der Waals surface area (Å²) in [6.07, 6.45) is 2.68. The van der Waals surface area contributed by atoms with Crippen molar-refractivity contribution in [2.45, 2.75) is 38.8 Å². The van der Waals surface area contributed by atoms with Gasteiger partial charge in [0.1, 0.15) is 12.1 Å². The summed E-state index contributed by atoms with van der Waals surface area (Å²) in [4.78, 5) is 19.1. The van der Waals surface area contributed by atoms with Crippen LogP contribution in [0.1, 0.15) is 48.5 Å². The Bertz CT molecular complexity index is 963. The van der Waals surface area contributed by atoms with Crippen molar-refractivity contribution in [2.24, 2.45) is 0 Å². The van der Waals surface area contributed by atoms with Gasteiger partial charge < -0.3 is 4.74 Å². The molecule has 0 saturated carbocycles. The molecule has 0 fully saturated rings. The number of hydrogen-bond donors (Lipinski definition) is 0. The second kappa shape index (κ2) is 7.46. The van der Waals surface area contributed by atoms with Crippen LogP contribution < -0.4 is 9.64 Å². The van der Waals surface area contributed by atoms with E-state index in [1.807, 2.05) is 35.9 Å². The molecule has 1 aliphatic rings. The zero-order valence-electron chi connectivity index (χ0n) is 16.4. The van der Waals surface area contributed by atoms with Gasteiger partial charge in [-0.15, -0.1) is 0 Å². The van der Waals surface area contributed by atoms with Crippen LogP contribution in [0.3, 0.4) is 0 Å². The highest BCUT2D eigenvalue weighted by Crippen LogP contribution is 2.42. The van der Waals surface area contributed by atoms with Gasteiger partial charge in [0.15, 0.2) is 0 Å². The quantitative estimate of drug-likeness (QED) is 0.689. The van der Waals surface area contributed by atoms with Crippen molar-refractivity contribution in [3.05, 3.63) is 71.5 Å². The van der Waals surface area contributed by atoms with Crippen LogP contribution in [0.4, 0.5) is 5.95 Å². The molecule has 0 bridgehead atoms. The van der Waals surface area contributed by atoms with E-state index in [-0.39, 0.29) is 18.0 Å². The van der Waals surface area contributed by atoms with Gasteiger partial charge in [0.25, 0.3) is 0 Å². The van der Waals surface area contributed by atoms with Crippen molar-refractivity contribution in [1.82, 2.24) is 14.8 Å². The Morgan fingerprint density at radius 3 is 2.36 bits per heavy atom. The number of aromatic nitrogens is 3. The molecule has 2 aromatic carbocycles. The fourth-order valence-electron chi connectivity index (χ4n) is 3.83. The van der Waals surface area contributed by atoms with Gasteiger partial charge in [-0.25, -0.2) is 4.68 Å². The zero-order chi connectivity index (χ0) is 19.7. The summed E-state index contributed by atoms with van der Waals surface area (Å²) < 4.78 is 7.16. The number of hydrogen-bond acceptors (Lipinski definition) is 4. The molecule has 1 amide bonds. The molecule has 2 unspecified atom stereocenters. The Kier molecular flexibility index (Phi) is 4.86. The van der Waals surface area contributed by atoms with E-state index in [4.69, 9.17) is 4.74 Å². The second-order valence-electron chi connectivity index (χ2n) is 7.07. The number of anilines is 1. The Morgan fingerprint density at radius 1 is 1.07 bits per heavy atom. The summed E-state index contributed by atoms with van der Waals surface area (Å²) >= 11 is 0. The van der Waals surface area contributed by atoms with Crippen molar-refractivity contribution in [1.29, 1.82) is 0 Å². The first kappa shape index (κ1) is 18.2. The summed E-state index contributed by atoms with van der Waals surface area (Å²) in [7, 11) is 1.65. The number of nitrogens with zero attached hydrogens (tertiary/aromatic N) is 4. The second-order valence-corrected chi connectivity index (χ2v) is 7.07. The molecule has 2 heterocycles. The molecule has 0 aliphatic carbocycles. The number of ether oxygens (including phenoxy) is 1. The first-order valence-corrected chi connectivity index (χ1v) is 9.54. The van der Waals surface area contributed by atoms with Gasteiger partial charge in [-0.2, -0.15) is 10.1 Å². The van der Waals surface area contributed by atoms with Gasteiger partial charge in [0.05, 0.1) is 19.2 Å². The Morgan fingerprint density at radius 2 is 1.71 bits per heavy atom. The monoisotopic (exact) mass is 376 g/mol. The Hall–Kier alpha value is -3.15. The number of carbonyl (C=O) groups excluding carboxylic acids is 1. The number of aryl methyl sites for hydroxylation is 1. The van der Waals surface area contributed by atoms with E-state index in [0.29, 0.717) is 12.4 Å². The van der Waals surface area contributed by atoms with Crippen molar-refractivity contribution < 1.29 is 9.53 Å². The molecule has 28 heavy (non-hydrogen) atoms. The van der Waals surface area contributed by atoms with Crippen LogP contribution in [-0.4, -0.2) is 27.8 Å². The molecular formula is C22H24N4O2. The highest BCUT2D eigenvalue weighted by molar-refractivity contribution is 5.92. The highest BCUT2D eigenvalue weighted by atomic mass is 16.5. The maximum Gasteiger partial charge on any atom is 0.231 e. The van der Waals surface area contributed by atoms with Crippen molar-refractivity contribution in [3.8, 4) is 5.75 Å². The van der Waals surface area contributed by atoms with E-state index in [2.05, 4.69) is 41.3 Å². The van der Waals surface area contributed by atoms with Crippen LogP contribution >= 0.6 is 0 Å². The van der Waals surface area contributed by atoms with E-state index in [1.165, 1.54) is 17.5 Å². The summed E-state index contributed by atoms with van der Waals surface area (Å²) in [5.41, 5.74) is 3.45. The molecule has 6 nitrogen and oxygen atoms in total. The number of benzene rings is 2. The van der Waals surface area contributed by atoms with E-state index in [1.54, 1.807) is 12.0 Å². The third kappa shape index (κ3) is 3.15. The molecule has 1 aliphatic heterocycles. The summed E-state index contributed by atoms with van der Waals surface area (Å²) in [6, 6.07) is 16.3. The summed E-state index contributed by atoms with van der Waals surface area (Å²) in [5.74, 6) is 1.44. The average molecular weight is 376 g/mol. The average Bonchev–Trinajstić information content (AvgIpc) is 3.22. The number of methoxy groups -OCH3 is 1. The lowest BCUT2D eigenvalue weighted by Crippen LogP contribution is -2.42. The van der Waals surface area contributed by atoms with Gasteiger partial charge in [-0.3, -0.25) is 9.69 Å². The van der Waals surface area contributed by atoms with E-state index >= 15 is 0 Å². The smallest absolute Gasteiger partial charge is 0.231 e.